The number of ether oxygens (including phenoxy) is 2. The number of alkyl halides is 6. The molecule has 0 bridgehead atoms. The van der Waals surface area contributed by atoms with Crippen LogP contribution in [0.15, 0.2) is 42.5 Å². The van der Waals surface area contributed by atoms with Crippen molar-refractivity contribution in [3.63, 3.8) is 0 Å². The SMILES string of the molecule is COC(=O)c1ccc(OC(F)(F)F)cc1-c1cccc(C(F)(F)F)c1. The van der Waals surface area contributed by atoms with Gasteiger partial charge in [0.1, 0.15) is 5.75 Å². The van der Waals surface area contributed by atoms with Crippen molar-refractivity contribution >= 4 is 5.97 Å². The van der Waals surface area contributed by atoms with Crippen LogP contribution in [0.3, 0.4) is 0 Å². The van der Waals surface area contributed by atoms with Crippen molar-refractivity contribution in [1.29, 1.82) is 0 Å². The average molecular weight is 364 g/mol. The van der Waals surface area contributed by atoms with E-state index in [1.807, 2.05) is 0 Å². The molecule has 0 atom stereocenters. The zero-order chi connectivity index (χ0) is 18.8. The highest BCUT2D eigenvalue weighted by Crippen LogP contribution is 2.35. The van der Waals surface area contributed by atoms with Crippen molar-refractivity contribution < 1.29 is 40.6 Å². The van der Waals surface area contributed by atoms with Gasteiger partial charge < -0.3 is 9.47 Å². The third-order valence-corrected chi connectivity index (χ3v) is 3.13. The van der Waals surface area contributed by atoms with Crippen molar-refractivity contribution in [3.8, 4) is 16.9 Å². The van der Waals surface area contributed by atoms with Crippen LogP contribution in [0.1, 0.15) is 15.9 Å². The Labute approximate surface area is 137 Å². The first-order valence-corrected chi connectivity index (χ1v) is 6.67. The van der Waals surface area contributed by atoms with Gasteiger partial charge in [-0.05, 0) is 41.5 Å². The fourth-order valence-corrected chi connectivity index (χ4v) is 2.11. The van der Waals surface area contributed by atoms with E-state index in [1.54, 1.807) is 0 Å². The normalized spacial score (nSPS) is 12.0. The lowest BCUT2D eigenvalue weighted by molar-refractivity contribution is -0.274. The molecular weight excluding hydrogens is 354 g/mol. The third-order valence-electron chi connectivity index (χ3n) is 3.13. The Morgan fingerprint density at radius 2 is 1.64 bits per heavy atom. The zero-order valence-corrected chi connectivity index (χ0v) is 12.5. The first-order valence-electron chi connectivity index (χ1n) is 6.67. The predicted octanol–water partition coefficient (Wildman–Crippen LogP) is 5.06. The van der Waals surface area contributed by atoms with Crippen LogP contribution in [0.5, 0.6) is 5.75 Å². The molecule has 9 heteroatoms. The van der Waals surface area contributed by atoms with E-state index in [1.165, 1.54) is 6.07 Å². The van der Waals surface area contributed by atoms with Gasteiger partial charge in [-0.25, -0.2) is 4.79 Å². The van der Waals surface area contributed by atoms with Gasteiger partial charge in [0.2, 0.25) is 0 Å². The molecule has 25 heavy (non-hydrogen) atoms. The Kier molecular flexibility index (Phi) is 4.96. The molecule has 0 aliphatic rings. The van der Waals surface area contributed by atoms with Gasteiger partial charge in [0.25, 0.3) is 0 Å². The molecule has 0 N–H and O–H groups in total. The third kappa shape index (κ3) is 4.65. The Hall–Kier alpha value is -2.71. The Balaban J connectivity index is 2.60. The van der Waals surface area contributed by atoms with E-state index in [0.717, 1.165) is 43.5 Å². The molecule has 0 aromatic heterocycles. The Bertz CT molecular complexity index is 780. The summed E-state index contributed by atoms with van der Waals surface area (Å²) in [5.41, 5.74) is -1.50. The van der Waals surface area contributed by atoms with Gasteiger partial charge in [-0.15, -0.1) is 13.2 Å². The molecule has 0 fully saturated rings. The number of methoxy groups -OCH3 is 1. The first kappa shape index (κ1) is 18.6. The van der Waals surface area contributed by atoms with Gasteiger partial charge >= 0.3 is 18.5 Å². The summed E-state index contributed by atoms with van der Waals surface area (Å²) < 4.78 is 83.9. The maximum Gasteiger partial charge on any atom is 0.573 e. The Morgan fingerprint density at radius 3 is 2.20 bits per heavy atom. The van der Waals surface area contributed by atoms with Crippen molar-refractivity contribution in [2.24, 2.45) is 0 Å². The molecule has 2 aromatic rings. The summed E-state index contributed by atoms with van der Waals surface area (Å²) in [5, 5.41) is 0. The summed E-state index contributed by atoms with van der Waals surface area (Å²) in [6, 6.07) is 6.52. The highest BCUT2D eigenvalue weighted by atomic mass is 19.4. The molecule has 134 valence electrons. The van der Waals surface area contributed by atoms with Gasteiger partial charge in [-0.2, -0.15) is 13.2 Å². The molecule has 2 aromatic carbocycles. The molecule has 0 unspecified atom stereocenters. The molecule has 0 amide bonds. The molecule has 3 nitrogen and oxygen atoms in total. The quantitative estimate of drug-likeness (QED) is 0.564. The van der Waals surface area contributed by atoms with Crippen molar-refractivity contribution in [1.82, 2.24) is 0 Å². The van der Waals surface area contributed by atoms with Gasteiger partial charge in [-0.1, -0.05) is 12.1 Å². The number of carbonyl (C=O) groups is 1. The number of benzene rings is 2. The van der Waals surface area contributed by atoms with Crippen LogP contribution in [0.2, 0.25) is 0 Å². The lowest BCUT2D eigenvalue weighted by Gasteiger charge is -2.14. The lowest BCUT2D eigenvalue weighted by Crippen LogP contribution is -2.17. The van der Waals surface area contributed by atoms with Crippen LogP contribution < -0.4 is 4.74 Å². The van der Waals surface area contributed by atoms with E-state index < -0.39 is 29.8 Å². The van der Waals surface area contributed by atoms with Gasteiger partial charge in [0.15, 0.2) is 0 Å². The van der Waals surface area contributed by atoms with E-state index in [0.29, 0.717) is 0 Å². The summed E-state index contributed by atoms with van der Waals surface area (Å²) in [7, 11) is 1.04. The fraction of sp³-hybridized carbons (Fsp3) is 0.188. The molecular formula is C16H10F6O3. The number of hydrogen-bond donors (Lipinski definition) is 0. The van der Waals surface area contributed by atoms with Crippen molar-refractivity contribution in [2.45, 2.75) is 12.5 Å². The van der Waals surface area contributed by atoms with Crippen LogP contribution in [0.4, 0.5) is 26.3 Å². The molecule has 0 saturated carbocycles. The summed E-state index contributed by atoms with van der Waals surface area (Å²) >= 11 is 0. The maximum absolute atomic E-state index is 12.8. The molecule has 0 aliphatic heterocycles. The molecule has 0 aliphatic carbocycles. The smallest absolute Gasteiger partial charge is 0.465 e. The lowest BCUT2D eigenvalue weighted by atomic mass is 9.97. The fourth-order valence-electron chi connectivity index (χ4n) is 2.11. The second-order valence-electron chi connectivity index (χ2n) is 4.83. The number of carbonyl (C=O) groups excluding carboxylic acids is 1. The second-order valence-corrected chi connectivity index (χ2v) is 4.83. The number of rotatable bonds is 3. The minimum atomic E-state index is -4.99. The molecule has 2 rings (SSSR count). The summed E-state index contributed by atoms with van der Waals surface area (Å²) in [6.07, 6.45) is -9.64. The monoisotopic (exact) mass is 364 g/mol. The zero-order valence-electron chi connectivity index (χ0n) is 12.5. The highest BCUT2D eigenvalue weighted by Gasteiger charge is 2.32. The van der Waals surface area contributed by atoms with E-state index in [4.69, 9.17) is 0 Å². The highest BCUT2D eigenvalue weighted by molar-refractivity contribution is 5.97. The molecule has 0 heterocycles. The topological polar surface area (TPSA) is 35.5 Å². The van der Waals surface area contributed by atoms with E-state index >= 15 is 0 Å². The van der Waals surface area contributed by atoms with Crippen LogP contribution in [-0.4, -0.2) is 19.4 Å². The summed E-state index contributed by atoms with van der Waals surface area (Å²) in [4.78, 5) is 11.8. The van der Waals surface area contributed by atoms with Crippen LogP contribution in [0, 0.1) is 0 Å². The van der Waals surface area contributed by atoms with Crippen molar-refractivity contribution in [2.75, 3.05) is 7.11 Å². The number of esters is 1. The van der Waals surface area contributed by atoms with Crippen molar-refractivity contribution in [3.05, 3.63) is 53.6 Å². The van der Waals surface area contributed by atoms with E-state index in [2.05, 4.69) is 9.47 Å². The maximum atomic E-state index is 12.8. The standard InChI is InChI=1S/C16H10F6O3/c1-24-14(23)12-6-5-11(25-16(20,21)22)8-13(12)9-3-2-4-10(7-9)15(17,18)19/h2-8H,1H3. The Morgan fingerprint density at radius 1 is 0.960 bits per heavy atom. The van der Waals surface area contributed by atoms with Gasteiger partial charge in [-0.3, -0.25) is 0 Å². The number of halogens is 6. The molecule has 0 radical (unpaired) electrons. The van der Waals surface area contributed by atoms with Crippen LogP contribution in [-0.2, 0) is 10.9 Å². The summed E-state index contributed by atoms with van der Waals surface area (Å²) in [6.45, 7) is 0. The van der Waals surface area contributed by atoms with Gasteiger partial charge in [0, 0.05) is 0 Å². The predicted molar refractivity (Wildman–Crippen MR) is 74.9 cm³/mol. The minimum Gasteiger partial charge on any atom is -0.465 e. The van der Waals surface area contributed by atoms with Crippen LogP contribution >= 0.6 is 0 Å². The average Bonchev–Trinajstić information content (AvgIpc) is 2.52. The van der Waals surface area contributed by atoms with E-state index in [-0.39, 0.29) is 16.7 Å². The number of hydrogen-bond acceptors (Lipinski definition) is 3. The van der Waals surface area contributed by atoms with E-state index in [9.17, 15) is 31.1 Å². The van der Waals surface area contributed by atoms with Gasteiger partial charge in [0.05, 0.1) is 18.2 Å². The second kappa shape index (κ2) is 6.66. The first-order chi connectivity index (χ1) is 11.5. The summed E-state index contributed by atoms with van der Waals surface area (Å²) in [5.74, 6) is -1.58. The van der Waals surface area contributed by atoms with Crippen LogP contribution in [0.25, 0.3) is 11.1 Å². The molecule has 0 saturated heterocycles. The largest absolute Gasteiger partial charge is 0.573 e. The molecule has 0 spiro atoms. The minimum absolute atomic E-state index is 0.108.